The molecule has 25 N–H and O–H groups in total. The molecule has 1 heterocycles. The average Bonchev–Trinajstić information content (AvgIpc) is 1.80. The van der Waals surface area contributed by atoms with Crippen molar-refractivity contribution in [3.63, 3.8) is 0 Å². The van der Waals surface area contributed by atoms with E-state index in [-0.39, 0.29) is 115 Å². The molecule has 41 nitrogen and oxygen atoms in total. The van der Waals surface area contributed by atoms with Gasteiger partial charge in [0.05, 0.1) is 57.5 Å². The van der Waals surface area contributed by atoms with Crippen LogP contribution in [0.5, 0.6) is 5.75 Å². The predicted octanol–water partition coefficient (Wildman–Crippen LogP) is -2.16. The molecule has 7 rings (SSSR count). The van der Waals surface area contributed by atoms with Gasteiger partial charge in [-0.05, 0) is 128 Å². The van der Waals surface area contributed by atoms with Crippen LogP contribution in [0.2, 0.25) is 5.02 Å². The summed E-state index contributed by atoms with van der Waals surface area (Å²) < 4.78 is 0. The number of aliphatic hydroxyl groups excluding tert-OH is 2. The van der Waals surface area contributed by atoms with Crippen LogP contribution in [0.25, 0.3) is 21.7 Å². The zero-order chi connectivity index (χ0) is 97.4. The lowest BCUT2D eigenvalue weighted by Gasteiger charge is -2.29. The summed E-state index contributed by atoms with van der Waals surface area (Å²) in [6, 6.07) is 24.0. The summed E-state index contributed by atoms with van der Waals surface area (Å²) in [5.74, 6) is -16.9. The number of amides is 12. The number of fused-ring (bicyclic) bond motifs is 2. The maximum absolute atomic E-state index is 15.6. The smallest absolute Gasteiger partial charge is 0.317 e. The van der Waals surface area contributed by atoms with Gasteiger partial charge in [0.1, 0.15) is 60.1 Å². The van der Waals surface area contributed by atoms with Crippen LogP contribution in [0, 0.1) is 0 Å². The number of carbonyl (C=O) groups excluding carboxylic acids is 12. The lowest BCUT2D eigenvalue weighted by molar-refractivity contribution is -0.143. The number of nitrogens with one attached hydrogen (secondary N) is 12. The molecule has 0 saturated heterocycles. The second kappa shape index (κ2) is 54.6. The van der Waals surface area contributed by atoms with Gasteiger partial charge in [-0.2, -0.15) is 12.6 Å². The Labute approximate surface area is 776 Å². The number of primary amides is 1. The molecule has 12 atom stereocenters. The van der Waals surface area contributed by atoms with Gasteiger partial charge in [-0.15, -0.1) is 0 Å². The number of carboxylic acid groups (broad SMARTS) is 4. The predicted molar refractivity (Wildman–Crippen MR) is 491 cm³/mol. The third-order valence-electron chi connectivity index (χ3n) is 21.4. The number of nitrogens with zero attached hydrogens (tertiary/aromatic N) is 3. The van der Waals surface area contributed by atoms with Crippen molar-refractivity contribution < 1.29 is 112 Å². The highest BCUT2D eigenvalue weighted by Crippen LogP contribution is 2.23. The number of carbonyl (C=O) groups is 16. The standard InChI is InChI=1S/C90H117ClN18O23S/c1-52(110)79(89(131)95-33-13-11-19-64(93)82(124)97-45-73(113)99-72(51-133)81(94)123)105-88(130)70(39-54-14-4-3-5-15-54)104-90(132)80(53(2)111)106-83(125)66(21-10-12-32-92)100-87(129)71(43-60-44-96-65-20-9-8-18-63(60)65)103-86(128)69(41-56-25-30-62(112)31-26-56)102-85(127)68(40-55-23-28-61(91)29-24-55)101-84(126)67(42-57-22-27-58-16-6-7-17-59(58)38-57)98-74(114)46-108(48-76(117)118)36-34-107(47-75(115)116)35-37-109(49-77(119)120)50-78(121)122/h3-9,14-18,20,22-31,38,44,52-53,64,66-72,79-80,96,110-112,133H,10-13,19,21,32-37,39-43,45-51,92-93H2,1-2H3,(H2,94,123)(H,95,131)(H,97,124)(H,98,114)(H,99,113)(H,100,129)(H,101,126)(H,102,127)(H,103,128)(H,104,132)(H,105,130)(H,106,125)(H,115,116)(H,117,118)(H,119,120)(H,121,122)/t52-,53-,64+,66+,67-,68+,69+,70+,71-,72+,79+,80+/m1/s1. The Morgan fingerprint density at radius 2 is 0.850 bits per heavy atom. The molecule has 0 saturated carbocycles. The Morgan fingerprint density at radius 1 is 0.421 bits per heavy atom. The monoisotopic (exact) mass is 1880 g/mol. The molecule has 12 amide bonds. The van der Waals surface area contributed by atoms with E-state index in [0.717, 1.165) is 20.6 Å². The van der Waals surface area contributed by atoms with E-state index in [1.54, 1.807) is 97.2 Å². The molecule has 0 fully saturated rings. The van der Waals surface area contributed by atoms with Gasteiger partial charge in [0, 0.05) is 92.7 Å². The van der Waals surface area contributed by atoms with Gasteiger partial charge < -0.3 is 116 Å². The molecule has 0 bridgehead atoms. The summed E-state index contributed by atoms with van der Waals surface area (Å²) in [7, 11) is 0. The second-order valence-electron chi connectivity index (χ2n) is 32.1. The maximum atomic E-state index is 15.6. The highest BCUT2D eigenvalue weighted by atomic mass is 35.5. The minimum atomic E-state index is -1.89. The van der Waals surface area contributed by atoms with Crippen molar-refractivity contribution in [1.29, 1.82) is 0 Å². The fourth-order valence-corrected chi connectivity index (χ4v) is 14.7. The summed E-state index contributed by atoms with van der Waals surface area (Å²) in [5, 5.41) is 103. The first kappa shape index (κ1) is 107. The molecule has 1 aromatic heterocycles. The van der Waals surface area contributed by atoms with Crippen molar-refractivity contribution in [3.05, 3.63) is 185 Å². The van der Waals surface area contributed by atoms with E-state index in [2.05, 4.69) is 76.1 Å². The molecule has 0 unspecified atom stereocenters. The average molecular weight is 1890 g/mol. The van der Waals surface area contributed by atoms with E-state index in [0.29, 0.717) is 50.2 Å². The quantitative estimate of drug-likeness (QED) is 0.0143. The van der Waals surface area contributed by atoms with E-state index in [1.165, 1.54) is 55.1 Å². The number of hydrogen-bond donors (Lipinski definition) is 23. The first-order valence-corrected chi connectivity index (χ1v) is 44.0. The number of thiol groups is 1. The number of aliphatic carboxylic acids is 4. The number of benzene rings is 6. The third-order valence-corrected chi connectivity index (χ3v) is 22.0. The largest absolute Gasteiger partial charge is 0.508 e. The number of aliphatic hydroxyl groups is 2. The van der Waals surface area contributed by atoms with Crippen LogP contribution in [-0.4, -0.2) is 307 Å². The van der Waals surface area contributed by atoms with Crippen molar-refractivity contribution in [2.45, 2.75) is 157 Å². The van der Waals surface area contributed by atoms with Crippen LogP contribution in [0.4, 0.5) is 0 Å². The number of aromatic nitrogens is 1. The van der Waals surface area contributed by atoms with Gasteiger partial charge in [0.2, 0.25) is 70.9 Å². The Bertz CT molecular complexity index is 5120. The minimum Gasteiger partial charge on any atom is -0.508 e. The Kier molecular flexibility index (Phi) is 43.8. The number of para-hydroxylation sites is 1. The first-order chi connectivity index (χ1) is 63.3. The van der Waals surface area contributed by atoms with E-state index in [4.69, 9.17) is 28.8 Å². The topological polar surface area (TPSA) is 651 Å². The summed E-state index contributed by atoms with van der Waals surface area (Å²) in [6.07, 6.45) is -2.29. The van der Waals surface area contributed by atoms with Crippen LogP contribution in [-0.2, 0) is 109 Å². The molecule has 0 aliphatic carbocycles. The molecule has 0 spiro atoms. The van der Waals surface area contributed by atoms with Crippen molar-refractivity contribution in [2.75, 3.05) is 84.3 Å². The molecule has 43 heteroatoms. The third kappa shape index (κ3) is 37.2. The Hall–Kier alpha value is -13.2. The number of unbranched alkanes of at least 4 members (excludes halogenated alkanes) is 2. The van der Waals surface area contributed by atoms with Crippen LogP contribution in [0.3, 0.4) is 0 Å². The van der Waals surface area contributed by atoms with Gasteiger partial charge in [0.15, 0.2) is 0 Å². The van der Waals surface area contributed by atoms with Gasteiger partial charge in [0.25, 0.3) is 0 Å². The number of phenolic OH excluding ortho intramolecular Hbond substituents is 1. The molecule has 0 aliphatic rings. The van der Waals surface area contributed by atoms with E-state index in [9.17, 15) is 88.5 Å². The molecule has 7 aromatic rings. The fraction of sp³-hybridized carbons (Fsp3) is 0.422. The number of rotatable bonds is 59. The van der Waals surface area contributed by atoms with Crippen LogP contribution in [0.15, 0.2) is 152 Å². The molecular formula is C90H117ClN18O23S. The van der Waals surface area contributed by atoms with E-state index < -0.39 is 207 Å². The second-order valence-corrected chi connectivity index (χ2v) is 32.9. The van der Waals surface area contributed by atoms with Crippen LogP contribution >= 0.6 is 24.2 Å². The Balaban J connectivity index is 1.15. The SMILES string of the molecule is C[C@@H](O)[C@H](NC(=O)[C@H](Cc1ccccc1)NC(=O)[C@@H](NC(=O)[C@H](CCCCN)NC(=O)[C@@H](Cc1c[nH]c2ccccc12)NC(=O)[C@H](Cc1ccc(O)cc1)NC(=O)[C@H](Cc1ccc(Cl)cc1)NC(=O)[C@@H](Cc1ccc2ccccc2c1)NC(=O)CN(CCN(CCN(CC(=O)O)CC(=O)O)CC(=O)O)CC(=O)O)[C@@H](C)O)C(=O)NCCCC[C@H](N)C(=O)NCC(=O)N[C@@H](CS)C(N)=O. The maximum Gasteiger partial charge on any atom is 0.317 e. The van der Waals surface area contributed by atoms with Crippen molar-refractivity contribution >= 4 is 141 Å². The van der Waals surface area contributed by atoms with Crippen LogP contribution < -0.4 is 75.7 Å². The number of hydrogen-bond acceptors (Lipinski definition) is 25. The zero-order valence-corrected chi connectivity index (χ0v) is 75.0. The highest BCUT2D eigenvalue weighted by molar-refractivity contribution is 7.80. The number of halogens is 1. The number of aromatic amines is 1. The lowest BCUT2D eigenvalue weighted by atomic mass is 9.99. The summed E-state index contributed by atoms with van der Waals surface area (Å²) in [4.78, 5) is 225. The minimum absolute atomic E-state index is 0.0346. The fourth-order valence-electron chi connectivity index (χ4n) is 14.3. The van der Waals surface area contributed by atoms with Gasteiger partial charge in [-0.25, -0.2) is 0 Å². The number of carboxylic acids is 4. The highest BCUT2D eigenvalue weighted by Gasteiger charge is 2.39. The summed E-state index contributed by atoms with van der Waals surface area (Å²) in [6.45, 7) is -2.60. The van der Waals surface area contributed by atoms with E-state index >= 15 is 24.0 Å². The van der Waals surface area contributed by atoms with E-state index in [1.807, 2.05) is 18.2 Å². The Morgan fingerprint density at radius 3 is 1.39 bits per heavy atom. The normalized spacial score (nSPS) is 14.0. The zero-order valence-electron chi connectivity index (χ0n) is 73.4. The molecule has 0 radical (unpaired) electrons. The molecule has 133 heavy (non-hydrogen) atoms. The lowest BCUT2D eigenvalue weighted by Crippen LogP contribution is -2.62. The molecule has 0 aliphatic heterocycles. The molecular weight excluding hydrogens is 1770 g/mol. The summed E-state index contributed by atoms with van der Waals surface area (Å²) in [5.41, 5.74) is 20.0. The van der Waals surface area contributed by atoms with Gasteiger partial charge >= 0.3 is 23.9 Å². The van der Waals surface area contributed by atoms with Gasteiger partial charge in [-0.3, -0.25) is 91.4 Å². The van der Waals surface area contributed by atoms with Gasteiger partial charge in [-0.1, -0.05) is 127 Å². The molecule has 6 aromatic carbocycles. The first-order valence-electron chi connectivity index (χ1n) is 43.0. The van der Waals surface area contributed by atoms with Crippen LogP contribution in [0.1, 0.15) is 80.2 Å². The van der Waals surface area contributed by atoms with Crippen molar-refractivity contribution in [3.8, 4) is 5.75 Å². The number of aromatic hydroxyl groups is 1. The number of H-pyrrole nitrogens is 1. The number of phenols is 1. The van der Waals surface area contributed by atoms with Crippen molar-refractivity contribution in [1.82, 2.24) is 78.2 Å². The number of nitrogens with two attached hydrogens (primary N) is 3. The summed E-state index contributed by atoms with van der Waals surface area (Å²) >= 11 is 10.3. The van der Waals surface area contributed by atoms with Crippen molar-refractivity contribution in [2.24, 2.45) is 17.2 Å². The molecule has 718 valence electrons.